The third-order valence-corrected chi connectivity index (χ3v) is 2.22. The van der Waals surface area contributed by atoms with Gasteiger partial charge in [0.05, 0.1) is 10.9 Å². The topological polar surface area (TPSA) is 64.1 Å². The molecule has 0 aliphatic carbocycles. The molecule has 2 aromatic heterocycles. The van der Waals surface area contributed by atoms with E-state index in [1.807, 2.05) is 0 Å². The van der Waals surface area contributed by atoms with Crippen LogP contribution in [0.4, 0.5) is 4.79 Å². The van der Waals surface area contributed by atoms with Crippen LogP contribution in [-0.4, -0.2) is 21.2 Å². The number of fused-ring (bicyclic) bond motifs is 1. The molecule has 0 atom stereocenters. The zero-order valence-corrected chi connectivity index (χ0v) is 9.98. The highest BCUT2D eigenvalue weighted by atomic mass is 16.6. The zero-order valence-electron chi connectivity index (χ0n) is 9.98. The molecule has 0 unspecified atom stereocenters. The fourth-order valence-electron chi connectivity index (χ4n) is 1.55. The molecule has 0 spiro atoms. The smallest absolute Gasteiger partial charge is 0.418 e. The van der Waals surface area contributed by atoms with Crippen molar-refractivity contribution in [2.24, 2.45) is 0 Å². The molecule has 5 nitrogen and oxygen atoms in total. The predicted octanol–water partition coefficient (Wildman–Crippen LogP) is 2.11. The molecule has 0 aliphatic heterocycles. The van der Waals surface area contributed by atoms with Gasteiger partial charge in [-0.2, -0.15) is 0 Å². The van der Waals surface area contributed by atoms with E-state index in [2.05, 4.69) is 4.98 Å². The molecule has 17 heavy (non-hydrogen) atoms. The van der Waals surface area contributed by atoms with Crippen LogP contribution < -0.4 is 5.56 Å². The number of hydrogen-bond donors (Lipinski definition) is 1. The Hall–Kier alpha value is -2.04. The first kappa shape index (κ1) is 11.4. The first-order chi connectivity index (χ1) is 7.88. The van der Waals surface area contributed by atoms with E-state index < -0.39 is 11.7 Å². The lowest BCUT2D eigenvalue weighted by Gasteiger charge is -2.19. The quantitative estimate of drug-likeness (QED) is 0.759. The van der Waals surface area contributed by atoms with Gasteiger partial charge >= 0.3 is 6.09 Å². The molecule has 0 aromatic carbocycles. The van der Waals surface area contributed by atoms with Crippen molar-refractivity contribution in [1.82, 2.24) is 9.55 Å². The van der Waals surface area contributed by atoms with Crippen LogP contribution in [0.5, 0.6) is 0 Å². The van der Waals surface area contributed by atoms with Crippen LogP contribution in [0.3, 0.4) is 0 Å². The fraction of sp³-hybridized carbons (Fsp3) is 0.333. The van der Waals surface area contributed by atoms with Gasteiger partial charge in [-0.1, -0.05) is 0 Å². The van der Waals surface area contributed by atoms with Crippen molar-refractivity contribution in [1.29, 1.82) is 0 Å². The summed E-state index contributed by atoms with van der Waals surface area (Å²) in [6.45, 7) is 5.39. The van der Waals surface area contributed by atoms with E-state index in [9.17, 15) is 9.59 Å². The molecule has 0 radical (unpaired) electrons. The Morgan fingerprint density at radius 2 is 2.06 bits per heavy atom. The molecule has 5 heteroatoms. The second kappa shape index (κ2) is 3.76. The van der Waals surface area contributed by atoms with Gasteiger partial charge in [0, 0.05) is 12.4 Å². The van der Waals surface area contributed by atoms with Crippen LogP contribution >= 0.6 is 0 Å². The number of pyridine rings is 1. The number of carbonyl (C=O) groups excluding carboxylic acids is 1. The average Bonchev–Trinajstić information content (AvgIpc) is 2.60. The summed E-state index contributed by atoms with van der Waals surface area (Å²) in [7, 11) is 0. The molecule has 2 heterocycles. The Morgan fingerprint density at radius 1 is 1.35 bits per heavy atom. The monoisotopic (exact) mass is 234 g/mol. The number of aromatic nitrogens is 2. The number of carbonyl (C=O) groups is 1. The van der Waals surface area contributed by atoms with E-state index in [1.165, 1.54) is 17.0 Å². The van der Waals surface area contributed by atoms with Gasteiger partial charge in [-0.05, 0) is 32.9 Å². The summed E-state index contributed by atoms with van der Waals surface area (Å²) in [6.07, 6.45) is 2.55. The Balaban J connectivity index is 2.47. The van der Waals surface area contributed by atoms with Crippen LogP contribution in [-0.2, 0) is 4.74 Å². The third kappa shape index (κ3) is 2.22. The minimum atomic E-state index is -0.561. The highest BCUT2D eigenvalue weighted by Crippen LogP contribution is 2.14. The maximum Gasteiger partial charge on any atom is 0.418 e. The predicted molar refractivity (Wildman–Crippen MR) is 64.2 cm³/mol. The maximum atomic E-state index is 11.9. The van der Waals surface area contributed by atoms with E-state index in [0.717, 1.165) is 0 Å². The second-order valence-electron chi connectivity index (χ2n) is 4.77. The zero-order chi connectivity index (χ0) is 12.6. The van der Waals surface area contributed by atoms with Gasteiger partial charge in [0.25, 0.3) is 5.56 Å². The van der Waals surface area contributed by atoms with Crippen LogP contribution in [0.15, 0.2) is 29.3 Å². The maximum absolute atomic E-state index is 11.9. The molecule has 0 bridgehead atoms. The van der Waals surface area contributed by atoms with Crippen LogP contribution in [0, 0.1) is 0 Å². The molecule has 0 aliphatic rings. The van der Waals surface area contributed by atoms with Gasteiger partial charge < -0.3 is 9.72 Å². The highest BCUT2D eigenvalue weighted by Gasteiger charge is 2.19. The first-order valence-electron chi connectivity index (χ1n) is 5.30. The van der Waals surface area contributed by atoms with Crippen molar-refractivity contribution >= 4 is 17.0 Å². The van der Waals surface area contributed by atoms with Crippen molar-refractivity contribution in [3.63, 3.8) is 0 Å². The molecule has 2 rings (SSSR count). The van der Waals surface area contributed by atoms with E-state index >= 15 is 0 Å². The number of hydrogen-bond acceptors (Lipinski definition) is 3. The summed E-state index contributed by atoms with van der Waals surface area (Å²) in [6, 6.07) is 3.26. The van der Waals surface area contributed by atoms with Crippen molar-refractivity contribution < 1.29 is 9.53 Å². The van der Waals surface area contributed by atoms with Crippen molar-refractivity contribution in [2.45, 2.75) is 26.4 Å². The molecular weight excluding hydrogens is 220 g/mol. The first-order valence-corrected chi connectivity index (χ1v) is 5.30. The summed E-state index contributed by atoms with van der Waals surface area (Å²) >= 11 is 0. The fourth-order valence-corrected chi connectivity index (χ4v) is 1.55. The minimum absolute atomic E-state index is 0.218. The number of H-pyrrole nitrogens is 1. The summed E-state index contributed by atoms with van der Waals surface area (Å²) in [5, 5.41) is 0.471. The SMILES string of the molecule is CC(C)(C)OC(=O)n1ccc2c(=O)[nH]ccc21. The Kier molecular flexibility index (Phi) is 2.53. The Labute approximate surface area is 98.0 Å². The molecule has 0 fully saturated rings. The minimum Gasteiger partial charge on any atom is -0.443 e. The van der Waals surface area contributed by atoms with Crippen LogP contribution in [0.25, 0.3) is 10.9 Å². The summed E-state index contributed by atoms with van der Waals surface area (Å²) in [5.41, 5.74) is -0.234. The van der Waals surface area contributed by atoms with Crippen molar-refractivity contribution in [3.05, 3.63) is 34.9 Å². The highest BCUT2D eigenvalue weighted by molar-refractivity contribution is 5.88. The lowest BCUT2D eigenvalue weighted by Crippen LogP contribution is -2.26. The molecular formula is C12H14N2O3. The number of nitrogens with zero attached hydrogens (tertiary/aromatic N) is 1. The normalized spacial score (nSPS) is 11.7. The lowest BCUT2D eigenvalue weighted by molar-refractivity contribution is 0.0544. The van der Waals surface area contributed by atoms with Gasteiger partial charge in [-0.25, -0.2) is 4.79 Å². The summed E-state index contributed by atoms with van der Waals surface area (Å²) < 4.78 is 6.57. The molecule has 0 saturated carbocycles. The van der Waals surface area contributed by atoms with E-state index in [0.29, 0.717) is 10.9 Å². The van der Waals surface area contributed by atoms with Gasteiger partial charge in [-0.3, -0.25) is 9.36 Å². The van der Waals surface area contributed by atoms with Crippen LogP contribution in [0.1, 0.15) is 20.8 Å². The molecule has 0 saturated heterocycles. The molecule has 0 amide bonds. The average molecular weight is 234 g/mol. The van der Waals surface area contributed by atoms with Gasteiger partial charge in [0.15, 0.2) is 0 Å². The van der Waals surface area contributed by atoms with E-state index in [-0.39, 0.29) is 5.56 Å². The molecule has 90 valence electrons. The van der Waals surface area contributed by atoms with Gasteiger partial charge in [0.1, 0.15) is 5.60 Å². The van der Waals surface area contributed by atoms with Crippen molar-refractivity contribution in [3.8, 4) is 0 Å². The van der Waals surface area contributed by atoms with Crippen molar-refractivity contribution in [2.75, 3.05) is 0 Å². The summed E-state index contributed by atoms with van der Waals surface area (Å²) in [4.78, 5) is 25.9. The molecule has 1 N–H and O–H groups in total. The standard InChI is InChI=1S/C12H14N2O3/c1-12(2,3)17-11(16)14-7-5-8-9(14)4-6-13-10(8)15/h4-7H,1-3H3,(H,13,15). The van der Waals surface area contributed by atoms with Gasteiger partial charge in [-0.15, -0.1) is 0 Å². The third-order valence-electron chi connectivity index (χ3n) is 2.22. The number of ether oxygens (including phenoxy) is 1. The Morgan fingerprint density at radius 3 is 2.71 bits per heavy atom. The molecule has 2 aromatic rings. The second-order valence-corrected chi connectivity index (χ2v) is 4.77. The van der Waals surface area contributed by atoms with Gasteiger partial charge in [0.2, 0.25) is 0 Å². The number of aromatic amines is 1. The van der Waals surface area contributed by atoms with E-state index in [1.54, 1.807) is 32.9 Å². The number of nitrogens with one attached hydrogen (secondary N) is 1. The summed E-state index contributed by atoms with van der Waals surface area (Å²) in [5.74, 6) is 0. The Bertz CT molecular complexity index is 616. The largest absolute Gasteiger partial charge is 0.443 e. The van der Waals surface area contributed by atoms with Crippen LogP contribution in [0.2, 0.25) is 0 Å². The lowest BCUT2D eigenvalue weighted by atomic mass is 10.2. The number of rotatable bonds is 0. The van der Waals surface area contributed by atoms with E-state index in [4.69, 9.17) is 4.74 Å².